The minimum Gasteiger partial charge on any atom is -0.491 e. The van der Waals surface area contributed by atoms with Crippen LogP contribution in [0.15, 0.2) is 24.3 Å². The third-order valence-electron chi connectivity index (χ3n) is 4.44. The van der Waals surface area contributed by atoms with Crippen molar-refractivity contribution in [2.75, 3.05) is 40.3 Å². The molecule has 5 nitrogen and oxygen atoms in total. The molecule has 1 N–H and O–H groups in total. The molecule has 1 heterocycles. The van der Waals surface area contributed by atoms with E-state index in [1.807, 2.05) is 36.1 Å². The van der Waals surface area contributed by atoms with Gasteiger partial charge in [-0.2, -0.15) is 0 Å². The summed E-state index contributed by atoms with van der Waals surface area (Å²) in [5, 5.41) is 2.96. The molecule has 128 valence electrons. The number of hydrogen-bond acceptors (Lipinski definition) is 3. The summed E-state index contributed by atoms with van der Waals surface area (Å²) < 4.78 is 5.71. The first-order valence-electron chi connectivity index (χ1n) is 8.45. The second-order valence-corrected chi connectivity index (χ2v) is 6.38. The first-order valence-corrected chi connectivity index (χ1v) is 8.45. The molecule has 1 aromatic rings. The molecule has 23 heavy (non-hydrogen) atoms. The summed E-state index contributed by atoms with van der Waals surface area (Å²) >= 11 is 0. The van der Waals surface area contributed by atoms with Crippen LogP contribution >= 0.6 is 0 Å². The third-order valence-corrected chi connectivity index (χ3v) is 4.44. The highest BCUT2D eigenvalue weighted by molar-refractivity contribution is 5.74. The van der Waals surface area contributed by atoms with Crippen LogP contribution in [0.25, 0.3) is 0 Å². The van der Waals surface area contributed by atoms with E-state index in [1.54, 1.807) is 0 Å². The number of carbonyl (C=O) groups is 1. The number of carbonyl (C=O) groups excluding carboxylic acids is 1. The molecular weight excluding hydrogens is 290 g/mol. The van der Waals surface area contributed by atoms with Crippen molar-refractivity contribution in [1.82, 2.24) is 15.1 Å². The summed E-state index contributed by atoms with van der Waals surface area (Å²) in [7, 11) is 4.23. The van der Waals surface area contributed by atoms with E-state index in [0.717, 1.165) is 43.7 Å². The van der Waals surface area contributed by atoms with Gasteiger partial charge in [-0.15, -0.1) is 0 Å². The standard InChI is InChI=1S/C18H29N3O2/c1-15-7-4-5-9-17(15)23-14-11-19-18(22)21-12-6-8-16(10-13-21)20(2)3/h4-5,7,9,16H,6,8,10-14H2,1-3H3,(H,19,22)/t16-/m1/s1. The molecule has 0 aliphatic carbocycles. The molecule has 0 unspecified atom stereocenters. The molecule has 0 spiro atoms. The van der Waals surface area contributed by atoms with Crippen molar-refractivity contribution >= 4 is 6.03 Å². The van der Waals surface area contributed by atoms with Crippen LogP contribution in [0.4, 0.5) is 4.79 Å². The lowest BCUT2D eigenvalue weighted by Crippen LogP contribution is -2.42. The van der Waals surface area contributed by atoms with Gasteiger partial charge in [0.05, 0.1) is 6.54 Å². The van der Waals surface area contributed by atoms with Gasteiger partial charge in [-0.3, -0.25) is 0 Å². The van der Waals surface area contributed by atoms with E-state index in [-0.39, 0.29) is 6.03 Å². The lowest BCUT2D eigenvalue weighted by atomic mass is 10.1. The number of para-hydroxylation sites is 1. The second-order valence-electron chi connectivity index (χ2n) is 6.38. The Labute approximate surface area is 139 Å². The SMILES string of the molecule is Cc1ccccc1OCCNC(=O)N1CCC[C@@H](N(C)C)CC1. The van der Waals surface area contributed by atoms with E-state index in [9.17, 15) is 4.79 Å². The highest BCUT2D eigenvalue weighted by Gasteiger charge is 2.21. The lowest BCUT2D eigenvalue weighted by molar-refractivity contribution is 0.194. The summed E-state index contributed by atoms with van der Waals surface area (Å²) in [6.45, 7) is 4.71. The van der Waals surface area contributed by atoms with Crippen LogP contribution in [0.2, 0.25) is 0 Å². The van der Waals surface area contributed by atoms with Gasteiger partial charge in [0.25, 0.3) is 0 Å². The molecule has 2 amide bonds. The first kappa shape index (κ1) is 17.6. The van der Waals surface area contributed by atoms with Crippen molar-refractivity contribution in [3.63, 3.8) is 0 Å². The van der Waals surface area contributed by atoms with Crippen LogP contribution in [-0.2, 0) is 0 Å². The summed E-state index contributed by atoms with van der Waals surface area (Å²) in [5.74, 6) is 0.880. The van der Waals surface area contributed by atoms with Crippen LogP contribution in [0, 0.1) is 6.92 Å². The Morgan fingerprint density at radius 3 is 2.83 bits per heavy atom. The van der Waals surface area contributed by atoms with Crippen molar-refractivity contribution in [3.05, 3.63) is 29.8 Å². The molecule has 0 radical (unpaired) electrons. The van der Waals surface area contributed by atoms with E-state index in [1.165, 1.54) is 0 Å². The largest absolute Gasteiger partial charge is 0.491 e. The van der Waals surface area contributed by atoms with Crippen LogP contribution < -0.4 is 10.1 Å². The molecule has 1 aliphatic heterocycles. The molecule has 0 aromatic heterocycles. The van der Waals surface area contributed by atoms with Crippen LogP contribution in [0.5, 0.6) is 5.75 Å². The first-order chi connectivity index (χ1) is 11.1. The summed E-state index contributed by atoms with van der Waals surface area (Å²) in [5.41, 5.74) is 1.11. The second kappa shape index (κ2) is 8.77. The molecule has 1 saturated heterocycles. The molecule has 2 rings (SSSR count). The normalized spacial score (nSPS) is 18.6. The number of benzene rings is 1. The number of amides is 2. The van der Waals surface area contributed by atoms with Crippen molar-refractivity contribution in [3.8, 4) is 5.75 Å². The zero-order chi connectivity index (χ0) is 16.7. The Morgan fingerprint density at radius 2 is 2.09 bits per heavy atom. The number of nitrogens with zero attached hydrogens (tertiary/aromatic N) is 2. The van der Waals surface area contributed by atoms with Gasteiger partial charge in [0.15, 0.2) is 0 Å². The average Bonchev–Trinajstić information content (AvgIpc) is 2.79. The molecule has 0 saturated carbocycles. The molecule has 1 atom stereocenters. The van der Waals surface area contributed by atoms with Gasteiger partial charge in [-0.25, -0.2) is 4.79 Å². The van der Waals surface area contributed by atoms with E-state index < -0.39 is 0 Å². The van der Waals surface area contributed by atoms with E-state index in [2.05, 4.69) is 24.3 Å². The lowest BCUT2D eigenvalue weighted by Gasteiger charge is -2.23. The Kier molecular flexibility index (Phi) is 6.71. The van der Waals surface area contributed by atoms with Gasteiger partial charge in [0, 0.05) is 19.1 Å². The molecular formula is C18H29N3O2. The third kappa shape index (κ3) is 5.43. The van der Waals surface area contributed by atoms with Crippen LogP contribution in [0.3, 0.4) is 0 Å². The van der Waals surface area contributed by atoms with Gasteiger partial charge < -0.3 is 19.9 Å². The fourth-order valence-corrected chi connectivity index (χ4v) is 2.95. The number of rotatable bonds is 5. The van der Waals surface area contributed by atoms with Gasteiger partial charge in [0.1, 0.15) is 12.4 Å². The van der Waals surface area contributed by atoms with Gasteiger partial charge in [-0.1, -0.05) is 18.2 Å². The predicted octanol–water partition coefficient (Wildman–Crippen LogP) is 2.50. The highest BCUT2D eigenvalue weighted by Crippen LogP contribution is 2.16. The number of nitrogens with one attached hydrogen (secondary N) is 1. The number of likely N-dealkylation sites (tertiary alicyclic amines) is 1. The number of hydrogen-bond donors (Lipinski definition) is 1. The Morgan fingerprint density at radius 1 is 1.30 bits per heavy atom. The average molecular weight is 319 g/mol. The maximum absolute atomic E-state index is 12.3. The zero-order valence-corrected chi connectivity index (χ0v) is 14.5. The minimum absolute atomic E-state index is 0.0257. The van der Waals surface area contributed by atoms with Crippen molar-refractivity contribution in [2.24, 2.45) is 0 Å². The molecule has 0 bridgehead atoms. The summed E-state index contributed by atoms with van der Waals surface area (Å²) in [4.78, 5) is 16.4. The smallest absolute Gasteiger partial charge is 0.317 e. The Balaban J connectivity index is 1.69. The predicted molar refractivity (Wildman–Crippen MR) is 93.0 cm³/mol. The number of ether oxygens (including phenoxy) is 1. The summed E-state index contributed by atoms with van der Waals surface area (Å²) in [6, 6.07) is 8.53. The Bertz CT molecular complexity index is 505. The maximum atomic E-state index is 12.3. The quantitative estimate of drug-likeness (QED) is 0.848. The van der Waals surface area contributed by atoms with E-state index in [4.69, 9.17) is 4.74 Å². The van der Waals surface area contributed by atoms with Crippen LogP contribution in [-0.4, -0.2) is 62.2 Å². The summed E-state index contributed by atoms with van der Waals surface area (Å²) in [6.07, 6.45) is 3.27. The van der Waals surface area contributed by atoms with Gasteiger partial charge in [-0.05, 0) is 51.9 Å². The molecule has 1 aliphatic rings. The number of aryl methyl sites for hydroxylation is 1. The fourth-order valence-electron chi connectivity index (χ4n) is 2.95. The molecule has 5 heteroatoms. The highest BCUT2D eigenvalue weighted by atomic mass is 16.5. The molecule has 1 aromatic carbocycles. The Hall–Kier alpha value is -1.75. The van der Waals surface area contributed by atoms with Crippen molar-refractivity contribution in [1.29, 1.82) is 0 Å². The van der Waals surface area contributed by atoms with E-state index >= 15 is 0 Å². The molecule has 1 fully saturated rings. The zero-order valence-electron chi connectivity index (χ0n) is 14.5. The monoisotopic (exact) mass is 319 g/mol. The van der Waals surface area contributed by atoms with Crippen molar-refractivity contribution in [2.45, 2.75) is 32.2 Å². The maximum Gasteiger partial charge on any atom is 0.317 e. The minimum atomic E-state index is 0.0257. The van der Waals surface area contributed by atoms with Gasteiger partial charge in [0.2, 0.25) is 0 Å². The fraction of sp³-hybridized carbons (Fsp3) is 0.611. The van der Waals surface area contributed by atoms with E-state index in [0.29, 0.717) is 19.2 Å². The van der Waals surface area contributed by atoms with Gasteiger partial charge >= 0.3 is 6.03 Å². The number of urea groups is 1. The van der Waals surface area contributed by atoms with Crippen molar-refractivity contribution < 1.29 is 9.53 Å². The topological polar surface area (TPSA) is 44.8 Å². The van der Waals surface area contributed by atoms with Crippen LogP contribution in [0.1, 0.15) is 24.8 Å².